The fraction of sp³-hybridized carbons (Fsp3) is 0.300. The van der Waals surface area contributed by atoms with Crippen LogP contribution in [0.15, 0.2) is 21.6 Å². The van der Waals surface area contributed by atoms with Gasteiger partial charge in [0.1, 0.15) is 11.7 Å². The summed E-state index contributed by atoms with van der Waals surface area (Å²) >= 11 is 9.04. The van der Waals surface area contributed by atoms with Gasteiger partial charge in [-0.05, 0) is 28.1 Å². The van der Waals surface area contributed by atoms with Gasteiger partial charge in [-0.15, -0.1) is 0 Å². The number of nitrogens with zero attached hydrogens (tertiary/aromatic N) is 1. The van der Waals surface area contributed by atoms with Crippen molar-refractivity contribution in [2.75, 3.05) is 0 Å². The van der Waals surface area contributed by atoms with Crippen LogP contribution in [0.3, 0.4) is 0 Å². The van der Waals surface area contributed by atoms with Gasteiger partial charge >= 0.3 is 0 Å². The summed E-state index contributed by atoms with van der Waals surface area (Å²) in [6.45, 7) is 3.84. The smallest absolute Gasteiger partial charge is 0.125 e. The number of aliphatic imine (C=N–C) groups is 1. The van der Waals surface area contributed by atoms with Crippen molar-refractivity contribution >= 4 is 39.1 Å². The van der Waals surface area contributed by atoms with Gasteiger partial charge in [-0.1, -0.05) is 25.4 Å². The van der Waals surface area contributed by atoms with E-state index in [0.29, 0.717) is 16.0 Å². The highest BCUT2D eigenvalue weighted by Crippen LogP contribution is 2.34. The normalized spacial score (nSPS) is 12.3. The number of nitrogens with two attached hydrogens (primary N) is 1. The molecule has 0 aromatic heterocycles. The van der Waals surface area contributed by atoms with Crippen LogP contribution < -0.4 is 5.73 Å². The molecular weight excluding hydrogens is 282 g/mol. The third-order valence-corrected chi connectivity index (χ3v) is 2.71. The van der Waals surface area contributed by atoms with Gasteiger partial charge in [0.2, 0.25) is 0 Å². The summed E-state index contributed by atoms with van der Waals surface area (Å²) < 4.78 is 13.4. The molecule has 0 amide bonds. The highest BCUT2D eigenvalue weighted by molar-refractivity contribution is 9.10. The fourth-order valence-electron chi connectivity index (χ4n) is 0.900. The molecule has 0 unspecified atom stereocenters. The summed E-state index contributed by atoms with van der Waals surface area (Å²) in [4.78, 5) is 4.15. The maximum atomic E-state index is 12.9. The van der Waals surface area contributed by atoms with Crippen LogP contribution in [0.1, 0.15) is 13.8 Å². The van der Waals surface area contributed by atoms with Crippen molar-refractivity contribution in [2.24, 2.45) is 16.6 Å². The predicted octanol–water partition coefficient (Wildman–Crippen LogP) is 3.89. The Morgan fingerprint density at radius 2 is 2.13 bits per heavy atom. The zero-order valence-corrected chi connectivity index (χ0v) is 10.7. The molecule has 2 nitrogen and oxygen atoms in total. The van der Waals surface area contributed by atoms with Crippen LogP contribution in [0.4, 0.5) is 10.1 Å². The Kier molecular flexibility index (Phi) is 4.11. The molecule has 0 aliphatic rings. The van der Waals surface area contributed by atoms with E-state index in [1.54, 1.807) is 0 Å². The molecule has 1 aromatic carbocycles. The Hall–Kier alpha value is -0.610. The minimum atomic E-state index is -0.408. The second-order valence-corrected chi connectivity index (χ2v) is 4.67. The summed E-state index contributed by atoms with van der Waals surface area (Å²) in [7, 11) is 0. The third-order valence-electron chi connectivity index (χ3n) is 1.81. The van der Waals surface area contributed by atoms with Crippen LogP contribution in [0, 0.1) is 11.7 Å². The molecule has 1 rings (SSSR count). The number of benzene rings is 1. The third kappa shape index (κ3) is 3.18. The first-order valence-electron chi connectivity index (χ1n) is 4.40. The average molecular weight is 294 g/mol. The average Bonchev–Trinajstić information content (AvgIpc) is 2.10. The largest absolute Gasteiger partial charge is 0.387 e. The summed E-state index contributed by atoms with van der Waals surface area (Å²) in [5, 5.41) is 0.241. The monoisotopic (exact) mass is 292 g/mol. The maximum Gasteiger partial charge on any atom is 0.125 e. The standard InChI is InChI=1S/C10H11BrClFN2/c1-5(2)10(14)15-9-7(11)3-6(13)4-8(9)12/h3-5H,1-2H3,(H2,14,15). The van der Waals surface area contributed by atoms with Gasteiger partial charge in [-0.25, -0.2) is 9.38 Å². The Bertz CT molecular complexity index is 381. The molecule has 0 bridgehead atoms. The van der Waals surface area contributed by atoms with E-state index in [4.69, 9.17) is 17.3 Å². The molecule has 0 fully saturated rings. The van der Waals surface area contributed by atoms with Crippen molar-refractivity contribution in [3.05, 3.63) is 27.4 Å². The Balaban J connectivity index is 3.21. The van der Waals surface area contributed by atoms with E-state index in [-0.39, 0.29) is 10.9 Å². The maximum absolute atomic E-state index is 12.9. The van der Waals surface area contributed by atoms with Gasteiger partial charge in [-0.2, -0.15) is 0 Å². The molecule has 15 heavy (non-hydrogen) atoms. The Morgan fingerprint density at radius 3 is 2.60 bits per heavy atom. The summed E-state index contributed by atoms with van der Waals surface area (Å²) in [5.41, 5.74) is 6.16. The zero-order valence-electron chi connectivity index (χ0n) is 8.39. The van der Waals surface area contributed by atoms with Crippen molar-refractivity contribution in [3.63, 3.8) is 0 Å². The predicted molar refractivity (Wildman–Crippen MR) is 65.2 cm³/mol. The van der Waals surface area contributed by atoms with Crippen molar-refractivity contribution in [3.8, 4) is 0 Å². The number of hydrogen-bond acceptors (Lipinski definition) is 1. The summed E-state index contributed by atoms with van der Waals surface area (Å²) in [6.07, 6.45) is 0. The Labute approximate surface area is 101 Å². The second-order valence-electron chi connectivity index (χ2n) is 3.41. The van der Waals surface area contributed by atoms with E-state index in [0.717, 1.165) is 0 Å². The van der Waals surface area contributed by atoms with Gasteiger partial charge in [0.15, 0.2) is 0 Å². The fourth-order valence-corrected chi connectivity index (χ4v) is 1.78. The molecule has 0 radical (unpaired) electrons. The lowest BCUT2D eigenvalue weighted by molar-refractivity contribution is 0.627. The summed E-state index contributed by atoms with van der Waals surface area (Å²) in [6, 6.07) is 2.51. The molecule has 0 saturated carbocycles. The zero-order chi connectivity index (χ0) is 11.6. The van der Waals surface area contributed by atoms with Crippen LogP contribution in [-0.2, 0) is 0 Å². The van der Waals surface area contributed by atoms with Crippen molar-refractivity contribution in [1.82, 2.24) is 0 Å². The topological polar surface area (TPSA) is 38.4 Å². The van der Waals surface area contributed by atoms with E-state index in [2.05, 4.69) is 20.9 Å². The molecule has 0 spiro atoms. The minimum absolute atomic E-state index is 0.123. The van der Waals surface area contributed by atoms with Crippen LogP contribution in [0.2, 0.25) is 5.02 Å². The highest BCUT2D eigenvalue weighted by Gasteiger charge is 2.08. The minimum Gasteiger partial charge on any atom is -0.387 e. The number of amidine groups is 1. The van der Waals surface area contributed by atoms with E-state index in [1.165, 1.54) is 12.1 Å². The lowest BCUT2D eigenvalue weighted by atomic mass is 10.2. The SMILES string of the molecule is CC(C)C(N)=Nc1c(Cl)cc(F)cc1Br. The van der Waals surface area contributed by atoms with Gasteiger partial charge in [0, 0.05) is 10.4 Å². The molecule has 0 atom stereocenters. The summed E-state index contributed by atoms with van der Waals surface area (Å²) in [5.74, 6) is 0.177. The quantitative estimate of drug-likeness (QED) is 0.652. The molecule has 5 heteroatoms. The Morgan fingerprint density at radius 1 is 1.53 bits per heavy atom. The molecule has 82 valence electrons. The molecule has 0 heterocycles. The van der Waals surface area contributed by atoms with Gasteiger partial charge in [-0.3, -0.25) is 0 Å². The van der Waals surface area contributed by atoms with Crippen LogP contribution in [0.25, 0.3) is 0 Å². The first-order valence-corrected chi connectivity index (χ1v) is 5.57. The lowest BCUT2D eigenvalue weighted by Gasteiger charge is -2.06. The molecular formula is C10H11BrClFN2. The number of rotatable bonds is 2. The van der Waals surface area contributed by atoms with E-state index >= 15 is 0 Å². The first kappa shape index (κ1) is 12.5. The van der Waals surface area contributed by atoms with Crippen LogP contribution in [0.5, 0.6) is 0 Å². The van der Waals surface area contributed by atoms with E-state index in [1.807, 2.05) is 13.8 Å². The van der Waals surface area contributed by atoms with E-state index < -0.39 is 5.82 Å². The van der Waals surface area contributed by atoms with Crippen molar-refractivity contribution < 1.29 is 4.39 Å². The van der Waals surface area contributed by atoms with E-state index in [9.17, 15) is 4.39 Å². The van der Waals surface area contributed by atoms with Crippen LogP contribution >= 0.6 is 27.5 Å². The first-order chi connectivity index (χ1) is 6.91. The number of hydrogen-bond donors (Lipinski definition) is 1. The molecule has 0 saturated heterocycles. The molecule has 1 aromatic rings. The lowest BCUT2D eigenvalue weighted by Crippen LogP contribution is -2.18. The van der Waals surface area contributed by atoms with Crippen molar-refractivity contribution in [1.29, 1.82) is 0 Å². The molecule has 0 aliphatic heterocycles. The highest BCUT2D eigenvalue weighted by atomic mass is 79.9. The van der Waals surface area contributed by atoms with Gasteiger partial charge in [0.25, 0.3) is 0 Å². The second kappa shape index (κ2) is 4.94. The number of halogens is 3. The van der Waals surface area contributed by atoms with Crippen molar-refractivity contribution in [2.45, 2.75) is 13.8 Å². The van der Waals surface area contributed by atoms with Crippen LogP contribution in [-0.4, -0.2) is 5.84 Å². The molecule has 2 N–H and O–H groups in total. The molecule has 0 aliphatic carbocycles. The van der Waals surface area contributed by atoms with Gasteiger partial charge < -0.3 is 5.73 Å². The van der Waals surface area contributed by atoms with Gasteiger partial charge in [0.05, 0.1) is 10.7 Å².